The molecule has 0 radical (unpaired) electrons. The summed E-state index contributed by atoms with van der Waals surface area (Å²) in [5.74, 6) is 1.34. The second kappa shape index (κ2) is 5.18. The molecule has 7 nitrogen and oxygen atoms in total. The van der Waals surface area contributed by atoms with E-state index in [1.165, 1.54) is 0 Å². The number of aromatic amines is 1. The highest BCUT2D eigenvalue weighted by atomic mass is 15.2. The molecule has 1 unspecified atom stereocenters. The molecule has 0 aromatic carbocycles. The second-order valence-electron chi connectivity index (χ2n) is 4.55. The van der Waals surface area contributed by atoms with E-state index in [-0.39, 0.29) is 6.04 Å². The average Bonchev–Trinajstić information content (AvgIpc) is 2.75. The minimum atomic E-state index is 0.283. The van der Waals surface area contributed by atoms with Gasteiger partial charge in [-0.15, -0.1) is 0 Å². The van der Waals surface area contributed by atoms with Crippen LogP contribution in [0.25, 0.3) is 11.2 Å². The van der Waals surface area contributed by atoms with Crippen LogP contribution < -0.4 is 10.6 Å². The number of hydrogen-bond donors (Lipinski definition) is 3. The zero-order valence-electron chi connectivity index (χ0n) is 11.2. The fourth-order valence-corrected chi connectivity index (χ4v) is 1.88. The Balaban J connectivity index is 2.28. The first-order valence-electron chi connectivity index (χ1n) is 5.90. The van der Waals surface area contributed by atoms with E-state index in [1.54, 1.807) is 13.4 Å². The number of aromatic nitrogens is 4. The van der Waals surface area contributed by atoms with Crippen molar-refractivity contribution in [2.24, 2.45) is 0 Å². The fraction of sp³-hybridized carbons (Fsp3) is 0.545. The Morgan fingerprint density at radius 3 is 2.83 bits per heavy atom. The van der Waals surface area contributed by atoms with E-state index in [2.05, 4.69) is 42.4 Å². The fourth-order valence-electron chi connectivity index (χ4n) is 1.88. The molecule has 18 heavy (non-hydrogen) atoms. The lowest BCUT2D eigenvalue weighted by molar-refractivity contribution is 0.392. The Morgan fingerprint density at radius 1 is 1.39 bits per heavy atom. The third kappa shape index (κ3) is 2.67. The Morgan fingerprint density at radius 2 is 2.17 bits per heavy atom. The molecule has 0 aliphatic rings. The number of anilines is 2. The zero-order valence-corrected chi connectivity index (χ0v) is 11.2. The monoisotopic (exact) mass is 249 g/mol. The van der Waals surface area contributed by atoms with E-state index in [9.17, 15) is 0 Å². The van der Waals surface area contributed by atoms with E-state index in [0.29, 0.717) is 11.6 Å². The molecule has 7 heteroatoms. The van der Waals surface area contributed by atoms with Crippen molar-refractivity contribution in [2.75, 3.05) is 38.3 Å². The van der Waals surface area contributed by atoms with Crippen LogP contribution in [0.5, 0.6) is 0 Å². The van der Waals surface area contributed by atoms with Gasteiger partial charge >= 0.3 is 0 Å². The first-order chi connectivity index (χ1) is 8.60. The Labute approximate surface area is 106 Å². The van der Waals surface area contributed by atoms with Crippen LogP contribution in [0, 0.1) is 0 Å². The first kappa shape index (κ1) is 12.6. The van der Waals surface area contributed by atoms with Crippen LogP contribution in [-0.2, 0) is 0 Å². The molecule has 2 aromatic heterocycles. The maximum Gasteiger partial charge on any atom is 0.226 e. The summed E-state index contributed by atoms with van der Waals surface area (Å²) in [5.41, 5.74) is 1.49. The van der Waals surface area contributed by atoms with E-state index in [4.69, 9.17) is 0 Å². The van der Waals surface area contributed by atoms with E-state index >= 15 is 0 Å². The van der Waals surface area contributed by atoms with Crippen molar-refractivity contribution in [1.29, 1.82) is 0 Å². The number of rotatable bonds is 5. The molecule has 98 valence electrons. The van der Waals surface area contributed by atoms with Gasteiger partial charge in [-0.25, -0.2) is 4.98 Å². The predicted octanol–water partition coefficient (Wildman–Crippen LogP) is 0.757. The zero-order chi connectivity index (χ0) is 13.1. The van der Waals surface area contributed by atoms with Gasteiger partial charge in [-0.1, -0.05) is 0 Å². The van der Waals surface area contributed by atoms with Gasteiger partial charge in [0.25, 0.3) is 0 Å². The number of hydrogen-bond acceptors (Lipinski definition) is 6. The van der Waals surface area contributed by atoms with Gasteiger partial charge in [-0.3, -0.25) is 0 Å². The molecule has 0 bridgehead atoms. The largest absolute Gasteiger partial charge is 0.364 e. The molecule has 0 aliphatic carbocycles. The normalized spacial score (nSPS) is 12.9. The van der Waals surface area contributed by atoms with E-state index < -0.39 is 0 Å². The molecule has 0 saturated carbocycles. The van der Waals surface area contributed by atoms with Gasteiger partial charge in [-0.05, 0) is 21.0 Å². The third-order valence-corrected chi connectivity index (χ3v) is 2.53. The molecule has 0 spiro atoms. The number of H-pyrrole nitrogens is 1. The van der Waals surface area contributed by atoms with Gasteiger partial charge < -0.3 is 20.5 Å². The minimum absolute atomic E-state index is 0.283. The summed E-state index contributed by atoms with van der Waals surface area (Å²) in [6.45, 7) is 3.04. The van der Waals surface area contributed by atoms with Crippen LogP contribution >= 0.6 is 0 Å². The van der Waals surface area contributed by atoms with Gasteiger partial charge in [0.05, 0.1) is 6.33 Å². The van der Waals surface area contributed by atoms with Gasteiger partial charge in [0.1, 0.15) is 5.52 Å². The predicted molar refractivity (Wildman–Crippen MR) is 72.9 cm³/mol. The number of fused-ring (bicyclic) bond motifs is 1. The standard InChI is InChI=1S/C11H19N7/c1-7(5-18(3)4)15-10-8-9(14-6-13-8)16-11(12-2)17-10/h6-7H,5H2,1-4H3,(H3,12,13,14,15,16,17). The molecule has 2 rings (SSSR count). The van der Waals surface area contributed by atoms with Gasteiger partial charge in [0.15, 0.2) is 11.5 Å². The maximum absolute atomic E-state index is 4.42. The van der Waals surface area contributed by atoms with Crippen molar-refractivity contribution >= 4 is 22.9 Å². The quantitative estimate of drug-likeness (QED) is 0.725. The smallest absolute Gasteiger partial charge is 0.226 e. The van der Waals surface area contributed by atoms with Crippen LogP contribution in [-0.4, -0.2) is 58.6 Å². The summed E-state index contributed by atoms with van der Waals surface area (Å²) in [7, 11) is 5.88. The van der Waals surface area contributed by atoms with Crippen LogP contribution in [0.4, 0.5) is 11.8 Å². The molecule has 0 aliphatic heterocycles. The van der Waals surface area contributed by atoms with Crippen molar-refractivity contribution in [3.8, 4) is 0 Å². The SMILES string of the molecule is CNc1nc(NC(C)CN(C)C)c2[nH]cnc2n1. The van der Waals surface area contributed by atoms with Crippen LogP contribution in [0.15, 0.2) is 6.33 Å². The number of imidazole rings is 1. The molecule has 2 aromatic rings. The number of nitrogens with one attached hydrogen (secondary N) is 3. The van der Waals surface area contributed by atoms with Crippen molar-refractivity contribution in [3.63, 3.8) is 0 Å². The summed E-state index contributed by atoms with van der Waals surface area (Å²) < 4.78 is 0. The average molecular weight is 249 g/mol. The Kier molecular flexibility index (Phi) is 3.61. The van der Waals surface area contributed by atoms with Gasteiger partial charge in [0, 0.05) is 19.6 Å². The van der Waals surface area contributed by atoms with Crippen LogP contribution in [0.1, 0.15) is 6.92 Å². The highest BCUT2D eigenvalue weighted by Gasteiger charge is 2.11. The molecule has 3 N–H and O–H groups in total. The van der Waals surface area contributed by atoms with E-state index in [0.717, 1.165) is 17.9 Å². The Bertz CT molecular complexity index is 519. The molecule has 0 saturated heterocycles. The van der Waals surface area contributed by atoms with Gasteiger partial charge in [-0.2, -0.15) is 9.97 Å². The highest BCUT2D eigenvalue weighted by Crippen LogP contribution is 2.19. The molecular formula is C11H19N7. The summed E-state index contributed by atoms with van der Waals surface area (Å²) in [6.07, 6.45) is 1.63. The highest BCUT2D eigenvalue weighted by molar-refractivity contribution is 5.83. The van der Waals surface area contributed by atoms with Crippen molar-refractivity contribution in [1.82, 2.24) is 24.8 Å². The van der Waals surface area contributed by atoms with Crippen LogP contribution in [0.2, 0.25) is 0 Å². The summed E-state index contributed by atoms with van der Waals surface area (Å²) in [4.78, 5) is 18.0. The molecule has 1 atom stereocenters. The second-order valence-corrected chi connectivity index (χ2v) is 4.55. The first-order valence-corrected chi connectivity index (χ1v) is 5.90. The van der Waals surface area contributed by atoms with Crippen molar-refractivity contribution < 1.29 is 0 Å². The lowest BCUT2D eigenvalue weighted by Gasteiger charge is -2.19. The molecular weight excluding hydrogens is 230 g/mol. The lowest BCUT2D eigenvalue weighted by atomic mass is 10.3. The summed E-state index contributed by atoms with van der Waals surface area (Å²) >= 11 is 0. The minimum Gasteiger partial charge on any atom is -0.364 e. The maximum atomic E-state index is 4.42. The Hall–Kier alpha value is -1.89. The molecule has 0 fully saturated rings. The van der Waals surface area contributed by atoms with Gasteiger partial charge in [0.2, 0.25) is 5.95 Å². The summed E-state index contributed by atoms with van der Waals surface area (Å²) in [5, 5.41) is 6.31. The summed E-state index contributed by atoms with van der Waals surface area (Å²) in [6, 6.07) is 0.283. The topological polar surface area (TPSA) is 81.8 Å². The molecule has 2 heterocycles. The number of likely N-dealkylation sites (N-methyl/N-ethyl adjacent to an activating group) is 1. The number of nitrogens with zero attached hydrogens (tertiary/aromatic N) is 4. The van der Waals surface area contributed by atoms with Crippen molar-refractivity contribution in [2.45, 2.75) is 13.0 Å². The van der Waals surface area contributed by atoms with Crippen molar-refractivity contribution in [3.05, 3.63) is 6.33 Å². The van der Waals surface area contributed by atoms with E-state index in [1.807, 2.05) is 14.1 Å². The lowest BCUT2D eigenvalue weighted by Crippen LogP contribution is -2.30. The third-order valence-electron chi connectivity index (χ3n) is 2.53. The van der Waals surface area contributed by atoms with Crippen LogP contribution in [0.3, 0.4) is 0 Å². The molecule has 0 amide bonds.